The van der Waals surface area contributed by atoms with Crippen LogP contribution in [0.3, 0.4) is 0 Å². The van der Waals surface area contributed by atoms with Crippen molar-refractivity contribution in [3.8, 4) is 0 Å². The van der Waals surface area contributed by atoms with Gasteiger partial charge in [-0.1, -0.05) is 16.1 Å². The minimum atomic E-state index is -0.510. The number of hydrogen-bond acceptors (Lipinski definition) is 6. The van der Waals surface area contributed by atoms with Crippen LogP contribution in [0.15, 0.2) is 12.4 Å². The van der Waals surface area contributed by atoms with Crippen molar-refractivity contribution >= 4 is 28.8 Å². The summed E-state index contributed by atoms with van der Waals surface area (Å²) < 4.78 is 5.50. The van der Waals surface area contributed by atoms with Crippen molar-refractivity contribution in [1.29, 1.82) is 0 Å². The van der Waals surface area contributed by atoms with E-state index in [2.05, 4.69) is 14.7 Å². The van der Waals surface area contributed by atoms with Crippen LogP contribution in [0.1, 0.15) is 5.69 Å². The van der Waals surface area contributed by atoms with Gasteiger partial charge in [-0.3, -0.25) is 14.8 Å². The Labute approximate surface area is 92.6 Å². The van der Waals surface area contributed by atoms with E-state index in [-0.39, 0.29) is 12.2 Å². The third-order valence-corrected chi connectivity index (χ3v) is 2.64. The molecule has 7 nitrogen and oxygen atoms in total. The summed E-state index contributed by atoms with van der Waals surface area (Å²) >= 11 is 6.84. The summed E-state index contributed by atoms with van der Waals surface area (Å²) in [6, 6.07) is 0. The first-order chi connectivity index (χ1) is 7.16. The van der Waals surface area contributed by atoms with E-state index >= 15 is 0 Å². The molecule has 0 unspecified atom stereocenters. The Bertz CT molecular complexity index is 495. The van der Waals surface area contributed by atoms with Gasteiger partial charge < -0.3 is 0 Å². The minimum absolute atomic E-state index is 0.0608. The fourth-order valence-electron chi connectivity index (χ4n) is 0.978. The smallest absolute Gasteiger partial charge is 0.259 e. The van der Waals surface area contributed by atoms with Crippen LogP contribution in [0.5, 0.6) is 0 Å². The average Bonchev–Trinajstić information content (AvgIpc) is 2.77. The van der Waals surface area contributed by atoms with Crippen molar-refractivity contribution in [1.82, 2.24) is 19.4 Å². The van der Waals surface area contributed by atoms with E-state index in [9.17, 15) is 10.1 Å². The van der Waals surface area contributed by atoms with Gasteiger partial charge in [-0.2, -0.15) is 5.10 Å². The van der Waals surface area contributed by atoms with E-state index in [1.807, 2.05) is 0 Å². The zero-order valence-corrected chi connectivity index (χ0v) is 8.77. The molecule has 2 aromatic rings. The topological polar surface area (TPSA) is 86.7 Å². The Morgan fingerprint density at radius 2 is 2.47 bits per heavy atom. The lowest BCUT2D eigenvalue weighted by atomic mass is 10.5. The summed E-state index contributed by atoms with van der Waals surface area (Å²) in [7, 11) is 0. The molecule has 0 radical (unpaired) electrons. The number of aromatic nitrogens is 4. The van der Waals surface area contributed by atoms with Gasteiger partial charge in [-0.05, 0) is 0 Å². The lowest BCUT2D eigenvalue weighted by molar-refractivity contribution is -0.385. The third kappa shape index (κ3) is 2.10. The Balaban J connectivity index is 2.18. The molecule has 0 saturated carbocycles. The van der Waals surface area contributed by atoms with E-state index < -0.39 is 4.92 Å². The molecule has 0 aliphatic carbocycles. The maximum atomic E-state index is 10.4. The van der Waals surface area contributed by atoms with Crippen molar-refractivity contribution in [3.05, 3.63) is 32.5 Å². The molecule has 0 atom stereocenters. The van der Waals surface area contributed by atoms with Crippen LogP contribution in [0, 0.1) is 10.1 Å². The molecule has 0 aliphatic heterocycles. The number of rotatable bonds is 3. The van der Waals surface area contributed by atoms with E-state index in [1.54, 1.807) is 0 Å². The Morgan fingerprint density at radius 3 is 3.00 bits per heavy atom. The largest absolute Gasteiger partial charge is 0.307 e. The van der Waals surface area contributed by atoms with Crippen molar-refractivity contribution in [2.75, 3.05) is 0 Å². The molecule has 0 aromatic carbocycles. The van der Waals surface area contributed by atoms with Crippen LogP contribution in [0.2, 0.25) is 4.34 Å². The molecule has 2 aromatic heterocycles. The van der Waals surface area contributed by atoms with E-state index in [0.717, 1.165) is 11.5 Å². The highest BCUT2D eigenvalue weighted by molar-refractivity contribution is 7.10. The molecule has 2 rings (SSSR count). The molecule has 0 fully saturated rings. The van der Waals surface area contributed by atoms with Crippen molar-refractivity contribution in [3.63, 3.8) is 0 Å². The molecule has 15 heavy (non-hydrogen) atoms. The van der Waals surface area contributed by atoms with Crippen LogP contribution in [-0.4, -0.2) is 24.3 Å². The van der Waals surface area contributed by atoms with Crippen LogP contribution in [-0.2, 0) is 6.54 Å². The second-order valence-electron chi connectivity index (χ2n) is 2.65. The summed E-state index contributed by atoms with van der Waals surface area (Å²) in [5.74, 6) is 0. The van der Waals surface area contributed by atoms with Gasteiger partial charge in [0.05, 0.1) is 11.5 Å². The predicted molar refractivity (Wildman–Crippen MR) is 52.9 cm³/mol. The summed E-state index contributed by atoms with van der Waals surface area (Å²) in [6.07, 6.45) is 2.49. The van der Waals surface area contributed by atoms with Gasteiger partial charge in [0.1, 0.15) is 22.4 Å². The number of halogens is 1. The highest BCUT2D eigenvalue weighted by Gasteiger charge is 2.11. The minimum Gasteiger partial charge on any atom is -0.259 e. The Hall–Kier alpha value is -1.54. The predicted octanol–water partition coefficient (Wildman–Crippen LogP) is 1.34. The highest BCUT2D eigenvalue weighted by Crippen LogP contribution is 2.18. The fourth-order valence-corrected chi connectivity index (χ4v) is 1.59. The van der Waals surface area contributed by atoms with Gasteiger partial charge in [0.2, 0.25) is 0 Å². The fraction of sp³-hybridized carbons (Fsp3) is 0.167. The molecule has 0 amide bonds. The standard InChI is InChI=1S/C6H4ClN5O2S/c7-6-5(9-10-15-6)3-11-2-4(1-8-11)12(13)14/h1-2H,3H2. The van der Waals surface area contributed by atoms with Gasteiger partial charge >= 0.3 is 5.69 Å². The molecular formula is C6H4ClN5O2S. The Morgan fingerprint density at radius 1 is 1.67 bits per heavy atom. The van der Waals surface area contributed by atoms with Crippen LogP contribution >= 0.6 is 23.1 Å². The van der Waals surface area contributed by atoms with Gasteiger partial charge in [-0.15, -0.1) is 5.10 Å². The van der Waals surface area contributed by atoms with E-state index in [0.29, 0.717) is 10.0 Å². The second kappa shape index (κ2) is 3.91. The quantitative estimate of drug-likeness (QED) is 0.602. The van der Waals surface area contributed by atoms with Gasteiger partial charge in [0.25, 0.3) is 0 Å². The van der Waals surface area contributed by atoms with Crippen LogP contribution < -0.4 is 0 Å². The summed E-state index contributed by atoms with van der Waals surface area (Å²) in [5, 5.41) is 18.0. The number of nitrogens with zero attached hydrogens (tertiary/aromatic N) is 5. The SMILES string of the molecule is O=[N+]([O-])c1cnn(Cc2nnsc2Cl)c1. The molecule has 0 bridgehead atoms. The second-order valence-corrected chi connectivity index (χ2v) is 4.00. The molecule has 78 valence electrons. The first-order valence-electron chi connectivity index (χ1n) is 3.80. The van der Waals surface area contributed by atoms with Crippen molar-refractivity contribution in [2.24, 2.45) is 0 Å². The summed E-state index contributed by atoms with van der Waals surface area (Å²) in [6.45, 7) is 0.281. The molecule has 0 aliphatic rings. The zero-order valence-electron chi connectivity index (χ0n) is 7.20. The van der Waals surface area contributed by atoms with Crippen LogP contribution in [0.25, 0.3) is 0 Å². The lowest BCUT2D eigenvalue weighted by Crippen LogP contribution is -2.00. The average molecular weight is 246 g/mol. The van der Waals surface area contributed by atoms with E-state index in [4.69, 9.17) is 11.6 Å². The van der Waals surface area contributed by atoms with Gasteiger partial charge in [0.15, 0.2) is 0 Å². The molecule has 2 heterocycles. The lowest BCUT2D eigenvalue weighted by Gasteiger charge is -1.95. The van der Waals surface area contributed by atoms with Gasteiger partial charge in [0, 0.05) is 11.5 Å². The molecule has 0 N–H and O–H groups in total. The maximum Gasteiger partial charge on any atom is 0.307 e. The number of hydrogen-bond donors (Lipinski definition) is 0. The van der Waals surface area contributed by atoms with E-state index in [1.165, 1.54) is 17.1 Å². The highest BCUT2D eigenvalue weighted by atomic mass is 35.5. The Kier molecular flexibility index (Phi) is 2.60. The third-order valence-electron chi connectivity index (χ3n) is 1.65. The first-order valence-corrected chi connectivity index (χ1v) is 4.95. The first kappa shape index (κ1) is 9.99. The van der Waals surface area contributed by atoms with Crippen molar-refractivity contribution in [2.45, 2.75) is 6.54 Å². The normalized spacial score (nSPS) is 10.5. The van der Waals surface area contributed by atoms with Gasteiger partial charge in [-0.25, -0.2) is 0 Å². The maximum absolute atomic E-state index is 10.4. The molecule has 0 spiro atoms. The summed E-state index contributed by atoms with van der Waals surface area (Å²) in [5.41, 5.74) is 0.494. The molecule has 9 heteroatoms. The zero-order chi connectivity index (χ0) is 10.8. The molecular weight excluding hydrogens is 242 g/mol. The summed E-state index contributed by atoms with van der Waals surface area (Å²) in [4.78, 5) is 9.87. The van der Waals surface area contributed by atoms with Crippen LogP contribution in [0.4, 0.5) is 5.69 Å². The van der Waals surface area contributed by atoms with Crippen molar-refractivity contribution < 1.29 is 4.92 Å². The number of nitro groups is 1. The monoisotopic (exact) mass is 245 g/mol. The molecule has 0 saturated heterocycles.